The number of aromatic nitrogens is 2. The number of rotatable bonds is 5. The third kappa shape index (κ3) is 3.74. The van der Waals surface area contributed by atoms with Crippen molar-refractivity contribution in [3.05, 3.63) is 36.0 Å². The van der Waals surface area contributed by atoms with Gasteiger partial charge in [0.15, 0.2) is 15.0 Å². The van der Waals surface area contributed by atoms with Crippen LogP contribution in [-0.2, 0) is 9.84 Å². The number of benzene rings is 1. The Morgan fingerprint density at radius 3 is 2.41 bits per heavy atom. The highest BCUT2D eigenvalue weighted by Gasteiger charge is 2.13. The van der Waals surface area contributed by atoms with Gasteiger partial charge in [-0.15, -0.1) is 0 Å². The molecule has 116 valence electrons. The number of thioether (sulfide) groups is 1. The molecule has 1 amide bonds. The minimum atomic E-state index is -3.26. The molecule has 1 aromatic carbocycles. The number of carbonyl (C=O) groups excluding carboxylic acids is 1. The highest BCUT2D eigenvalue weighted by atomic mass is 32.2. The van der Waals surface area contributed by atoms with Crippen molar-refractivity contribution in [1.82, 2.24) is 9.97 Å². The van der Waals surface area contributed by atoms with E-state index in [1.54, 1.807) is 12.1 Å². The van der Waals surface area contributed by atoms with E-state index < -0.39 is 15.7 Å². The van der Waals surface area contributed by atoms with Crippen molar-refractivity contribution in [2.75, 3.05) is 17.8 Å². The van der Waals surface area contributed by atoms with Gasteiger partial charge in [0.25, 0.3) is 5.91 Å². The maximum absolute atomic E-state index is 11.4. The van der Waals surface area contributed by atoms with Crippen LogP contribution in [0.25, 0.3) is 0 Å². The zero-order valence-corrected chi connectivity index (χ0v) is 13.5. The first-order valence-corrected chi connectivity index (χ1v) is 9.21. The van der Waals surface area contributed by atoms with Crippen molar-refractivity contribution in [2.45, 2.75) is 10.1 Å². The standard InChI is InChI=1S/C13H14N4O3S2/c1-21-13-15-7-10(11(14)18)12(17-13)16-8-3-5-9(6-4-8)22(2,19)20/h3-7H,1-2H3,(H2,14,18)(H,15,16,17). The predicted molar refractivity (Wildman–Crippen MR) is 85.2 cm³/mol. The topological polar surface area (TPSA) is 115 Å². The summed E-state index contributed by atoms with van der Waals surface area (Å²) in [5.74, 6) is -0.373. The maximum Gasteiger partial charge on any atom is 0.254 e. The van der Waals surface area contributed by atoms with Crippen molar-refractivity contribution in [2.24, 2.45) is 5.73 Å². The molecule has 0 aliphatic heterocycles. The molecule has 0 aliphatic carbocycles. The van der Waals surface area contributed by atoms with Crippen molar-refractivity contribution < 1.29 is 13.2 Å². The van der Waals surface area contributed by atoms with E-state index in [1.165, 1.54) is 30.1 Å². The van der Waals surface area contributed by atoms with E-state index in [0.29, 0.717) is 10.8 Å². The fraction of sp³-hybridized carbons (Fsp3) is 0.154. The smallest absolute Gasteiger partial charge is 0.254 e. The first-order chi connectivity index (χ1) is 10.3. The molecule has 22 heavy (non-hydrogen) atoms. The summed E-state index contributed by atoms with van der Waals surface area (Å²) in [7, 11) is -3.26. The first kappa shape index (κ1) is 16.2. The molecule has 0 spiro atoms. The van der Waals surface area contributed by atoms with Crippen LogP contribution in [0, 0.1) is 0 Å². The monoisotopic (exact) mass is 338 g/mol. The van der Waals surface area contributed by atoms with E-state index in [-0.39, 0.29) is 16.3 Å². The summed E-state index contributed by atoms with van der Waals surface area (Å²) in [5.41, 5.74) is 6.04. The Morgan fingerprint density at radius 2 is 1.91 bits per heavy atom. The summed E-state index contributed by atoms with van der Waals surface area (Å²) >= 11 is 1.33. The zero-order valence-electron chi connectivity index (χ0n) is 11.9. The third-order valence-corrected chi connectivity index (χ3v) is 4.45. The van der Waals surface area contributed by atoms with E-state index >= 15 is 0 Å². The zero-order chi connectivity index (χ0) is 16.3. The summed E-state index contributed by atoms with van der Waals surface area (Å²) in [6, 6.07) is 6.11. The number of amides is 1. The maximum atomic E-state index is 11.4. The number of hydrogen-bond acceptors (Lipinski definition) is 7. The fourth-order valence-corrected chi connectivity index (χ4v) is 2.63. The molecule has 9 heteroatoms. The fourth-order valence-electron chi connectivity index (χ4n) is 1.66. The molecule has 0 radical (unpaired) electrons. The second-order valence-corrected chi connectivity index (χ2v) is 7.19. The molecular weight excluding hydrogens is 324 g/mol. The van der Waals surface area contributed by atoms with E-state index in [1.807, 2.05) is 6.26 Å². The number of nitrogens with two attached hydrogens (primary N) is 1. The van der Waals surface area contributed by atoms with Gasteiger partial charge >= 0.3 is 0 Å². The molecule has 1 aromatic heterocycles. The first-order valence-electron chi connectivity index (χ1n) is 6.09. The average molecular weight is 338 g/mol. The lowest BCUT2D eigenvalue weighted by molar-refractivity contribution is 0.100. The Morgan fingerprint density at radius 1 is 1.27 bits per heavy atom. The molecule has 2 aromatic rings. The van der Waals surface area contributed by atoms with Crippen LogP contribution in [0.5, 0.6) is 0 Å². The second-order valence-electron chi connectivity index (χ2n) is 4.40. The highest BCUT2D eigenvalue weighted by molar-refractivity contribution is 7.98. The Balaban J connectivity index is 2.35. The van der Waals surface area contributed by atoms with Crippen LogP contribution in [0.4, 0.5) is 11.5 Å². The quantitative estimate of drug-likeness (QED) is 0.626. The lowest BCUT2D eigenvalue weighted by Crippen LogP contribution is -2.15. The van der Waals surface area contributed by atoms with E-state index in [4.69, 9.17) is 5.73 Å². The van der Waals surface area contributed by atoms with Gasteiger partial charge in [0.05, 0.1) is 4.90 Å². The molecule has 0 saturated heterocycles. The van der Waals surface area contributed by atoms with Gasteiger partial charge in [-0.3, -0.25) is 4.79 Å². The molecule has 0 fully saturated rings. The van der Waals surface area contributed by atoms with Gasteiger partial charge in [-0.05, 0) is 30.5 Å². The summed E-state index contributed by atoms with van der Waals surface area (Å²) in [6.07, 6.45) is 4.30. The van der Waals surface area contributed by atoms with Gasteiger partial charge in [0.1, 0.15) is 11.4 Å². The number of carbonyl (C=O) groups is 1. The van der Waals surface area contributed by atoms with Gasteiger partial charge in [0, 0.05) is 18.1 Å². The van der Waals surface area contributed by atoms with Crippen LogP contribution in [0.3, 0.4) is 0 Å². The van der Waals surface area contributed by atoms with Crippen LogP contribution in [0.15, 0.2) is 40.5 Å². The summed E-state index contributed by atoms with van der Waals surface area (Å²) in [4.78, 5) is 19.8. The minimum absolute atomic E-state index is 0.157. The van der Waals surface area contributed by atoms with Crippen LogP contribution < -0.4 is 11.1 Å². The Hall–Kier alpha value is -2.13. The van der Waals surface area contributed by atoms with E-state index in [0.717, 1.165) is 6.26 Å². The van der Waals surface area contributed by atoms with Crippen LogP contribution in [0.2, 0.25) is 0 Å². The van der Waals surface area contributed by atoms with Crippen LogP contribution in [0.1, 0.15) is 10.4 Å². The van der Waals surface area contributed by atoms with Crippen molar-refractivity contribution in [3.63, 3.8) is 0 Å². The van der Waals surface area contributed by atoms with Gasteiger partial charge < -0.3 is 11.1 Å². The molecule has 0 aliphatic rings. The second kappa shape index (κ2) is 6.32. The van der Waals surface area contributed by atoms with Gasteiger partial charge in [-0.25, -0.2) is 18.4 Å². The Kier molecular flexibility index (Phi) is 4.67. The molecule has 7 nitrogen and oxygen atoms in total. The average Bonchev–Trinajstić information content (AvgIpc) is 2.46. The van der Waals surface area contributed by atoms with E-state index in [9.17, 15) is 13.2 Å². The molecule has 1 heterocycles. The number of hydrogen-bond donors (Lipinski definition) is 2. The van der Waals surface area contributed by atoms with Crippen molar-refractivity contribution >= 4 is 39.0 Å². The number of anilines is 2. The number of sulfone groups is 1. The third-order valence-electron chi connectivity index (χ3n) is 2.76. The lowest BCUT2D eigenvalue weighted by atomic mass is 10.2. The van der Waals surface area contributed by atoms with Crippen LogP contribution >= 0.6 is 11.8 Å². The molecule has 0 bridgehead atoms. The Bertz CT molecular complexity index is 805. The van der Waals surface area contributed by atoms with Crippen LogP contribution in [-0.4, -0.2) is 36.8 Å². The minimum Gasteiger partial charge on any atom is -0.365 e. The number of primary amides is 1. The lowest BCUT2D eigenvalue weighted by Gasteiger charge is -2.10. The molecule has 0 atom stereocenters. The molecule has 0 unspecified atom stereocenters. The van der Waals surface area contributed by atoms with Crippen molar-refractivity contribution in [3.8, 4) is 0 Å². The molecule has 3 N–H and O–H groups in total. The largest absolute Gasteiger partial charge is 0.365 e. The number of nitrogens with zero attached hydrogens (tertiary/aromatic N) is 2. The van der Waals surface area contributed by atoms with Gasteiger partial charge in [-0.1, -0.05) is 11.8 Å². The number of nitrogens with one attached hydrogen (secondary N) is 1. The summed E-state index contributed by atoms with van der Waals surface area (Å²) in [5, 5.41) is 3.43. The molecular formula is C13H14N4O3S2. The van der Waals surface area contributed by atoms with E-state index in [2.05, 4.69) is 15.3 Å². The molecule has 0 saturated carbocycles. The highest BCUT2D eigenvalue weighted by Crippen LogP contribution is 2.22. The normalized spacial score (nSPS) is 11.2. The molecule has 2 rings (SSSR count). The SMILES string of the molecule is CSc1ncc(C(N)=O)c(Nc2ccc(S(C)(=O)=O)cc2)n1. The predicted octanol–water partition coefficient (Wildman–Crippen LogP) is 1.44. The van der Waals surface area contributed by atoms with Gasteiger partial charge in [0.2, 0.25) is 0 Å². The van der Waals surface area contributed by atoms with Gasteiger partial charge in [-0.2, -0.15) is 0 Å². The summed E-state index contributed by atoms with van der Waals surface area (Å²) < 4.78 is 22.8. The Labute approximate surface area is 132 Å². The summed E-state index contributed by atoms with van der Waals surface area (Å²) in [6.45, 7) is 0. The van der Waals surface area contributed by atoms with Crippen molar-refractivity contribution in [1.29, 1.82) is 0 Å².